The lowest BCUT2D eigenvalue weighted by Crippen LogP contribution is -2.20. The molecule has 2 nitrogen and oxygen atoms in total. The smallest absolute Gasteiger partial charge is 0.416 e. The number of likely N-dealkylation sites (N-methyl/N-ethyl adjacent to an activating group) is 1. The quantitative estimate of drug-likeness (QED) is 0.654. The van der Waals surface area contributed by atoms with Gasteiger partial charge in [-0.05, 0) is 72.5 Å². The third kappa shape index (κ3) is 4.76. The van der Waals surface area contributed by atoms with Gasteiger partial charge in [-0.3, -0.25) is 0 Å². The summed E-state index contributed by atoms with van der Waals surface area (Å²) in [6, 6.07) is 11.4. The number of hydrogen-bond donors (Lipinski definition) is 0. The average molecular weight is 389 g/mol. The molecule has 28 heavy (non-hydrogen) atoms. The van der Waals surface area contributed by atoms with Crippen molar-refractivity contribution in [1.29, 1.82) is 0 Å². The Morgan fingerprint density at radius 3 is 2.50 bits per heavy atom. The van der Waals surface area contributed by atoms with Crippen molar-refractivity contribution >= 4 is 5.57 Å². The van der Waals surface area contributed by atoms with E-state index in [2.05, 4.69) is 24.8 Å². The molecule has 2 aromatic rings. The first-order chi connectivity index (χ1) is 13.0. The van der Waals surface area contributed by atoms with Gasteiger partial charge in [0.25, 0.3) is 0 Å². The summed E-state index contributed by atoms with van der Waals surface area (Å²) in [4.78, 5) is 2.05. The molecule has 1 aliphatic carbocycles. The Bertz CT molecular complexity index is 882. The van der Waals surface area contributed by atoms with Crippen LogP contribution >= 0.6 is 0 Å². The van der Waals surface area contributed by atoms with Crippen molar-refractivity contribution in [2.45, 2.75) is 26.4 Å². The highest BCUT2D eigenvalue weighted by Gasteiger charge is 2.32. The Kier molecular flexibility index (Phi) is 5.57. The van der Waals surface area contributed by atoms with Gasteiger partial charge in [0.15, 0.2) is 0 Å². The van der Waals surface area contributed by atoms with E-state index >= 15 is 0 Å². The minimum Gasteiger partial charge on any atom is -0.492 e. The Morgan fingerprint density at radius 2 is 1.82 bits per heavy atom. The number of hydrogen-bond acceptors (Lipinski definition) is 2. The number of nitrogens with zero attached hydrogens (tertiary/aromatic N) is 1. The highest BCUT2D eigenvalue weighted by molar-refractivity contribution is 5.83. The standard InChI is InChI=1S/C23H26F3NO/c1-22(2)14-17-13-19(28-11-10-27(3)4)8-9-20(17)21(15-22)16-6-5-7-18(12-16)23(24,25)26/h5-9,12-13,15H,10-11,14H2,1-4H3. The third-order valence-electron chi connectivity index (χ3n) is 4.86. The largest absolute Gasteiger partial charge is 0.492 e. The number of rotatable bonds is 5. The first-order valence-electron chi connectivity index (χ1n) is 9.36. The van der Waals surface area contributed by atoms with E-state index in [1.54, 1.807) is 6.07 Å². The zero-order chi connectivity index (χ0) is 20.5. The molecule has 0 N–H and O–H groups in total. The second kappa shape index (κ2) is 7.63. The normalized spacial score (nSPS) is 15.9. The molecule has 0 aliphatic heterocycles. The fourth-order valence-electron chi connectivity index (χ4n) is 3.53. The molecule has 0 saturated carbocycles. The summed E-state index contributed by atoms with van der Waals surface area (Å²) in [5, 5.41) is 0. The van der Waals surface area contributed by atoms with Crippen molar-refractivity contribution in [1.82, 2.24) is 4.90 Å². The molecule has 0 spiro atoms. The van der Waals surface area contributed by atoms with Crippen LogP contribution in [0.15, 0.2) is 48.5 Å². The van der Waals surface area contributed by atoms with Crippen molar-refractivity contribution in [3.8, 4) is 5.75 Å². The molecular weight excluding hydrogens is 363 g/mol. The zero-order valence-electron chi connectivity index (χ0n) is 16.7. The van der Waals surface area contributed by atoms with Gasteiger partial charge in [0.2, 0.25) is 0 Å². The van der Waals surface area contributed by atoms with E-state index in [4.69, 9.17) is 4.74 Å². The second-order valence-electron chi connectivity index (χ2n) is 8.27. The van der Waals surface area contributed by atoms with Gasteiger partial charge in [-0.1, -0.05) is 38.1 Å². The molecule has 0 amide bonds. The number of fused-ring (bicyclic) bond motifs is 1. The Balaban J connectivity index is 1.97. The van der Waals surface area contributed by atoms with Crippen LogP contribution in [-0.4, -0.2) is 32.1 Å². The summed E-state index contributed by atoms with van der Waals surface area (Å²) in [7, 11) is 3.98. The number of allylic oxidation sites excluding steroid dienone is 1. The number of alkyl halides is 3. The molecule has 3 rings (SSSR count). The van der Waals surface area contributed by atoms with Crippen LogP contribution in [0.1, 0.15) is 36.1 Å². The van der Waals surface area contributed by atoms with Crippen LogP contribution in [0, 0.1) is 5.41 Å². The molecule has 0 radical (unpaired) electrons. The fourth-order valence-corrected chi connectivity index (χ4v) is 3.53. The van der Waals surface area contributed by atoms with E-state index < -0.39 is 11.7 Å². The fraction of sp³-hybridized carbons (Fsp3) is 0.391. The summed E-state index contributed by atoms with van der Waals surface area (Å²) < 4.78 is 45.4. The van der Waals surface area contributed by atoms with E-state index in [1.807, 2.05) is 32.3 Å². The van der Waals surface area contributed by atoms with Gasteiger partial charge in [0.05, 0.1) is 5.56 Å². The predicted molar refractivity (Wildman–Crippen MR) is 106 cm³/mol. The summed E-state index contributed by atoms with van der Waals surface area (Å²) in [6.45, 7) is 5.61. The van der Waals surface area contributed by atoms with Crippen molar-refractivity contribution < 1.29 is 17.9 Å². The van der Waals surface area contributed by atoms with Gasteiger partial charge in [-0.15, -0.1) is 0 Å². The lowest BCUT2D eigenvalue weighted by atomic mass is 9.74. The summed E-state index contributed by atoms with van der Waals surface area (Å²) in [5.41, 5.74) is 2.72. The predicted octanol–water partition coefficient (Wildman–Crippen LogP) is 5.66. The van der Waals surface area contributed by atoms with E-state index in [0.29, 0.717) is 12.2 Å². The van der Waals surface area contributed by atoms with E-state index in [-0.39, 0.29) is 5.41 Å². The van der Waals surface area contributed by atoms with E-state index in [9.17, 15) is 13.2 Å². The van der Waals surface area contributed by atoms with E-state index in [1.165, 1.54) is 12.1 Å². The highest BCUT2D eigenvalue weighted by Crippen LogP contribution is 2.42. The SMILES string of the molecule is CN(C)CCOc1ccc2c(c1)CC(C)(C)C=C2c1cccc(C(F)(F)F)c1. The summed E-state index contributed by atoms with van der Waals surface area (Å²) in [6.07, 6.45) is -1.46. The van der Waals surface area contributed by atoms with Crippen LogP contribution in [0.5, 0.6) is 5.75 Å². The van der Waals surface area contributed by atoms with Gasteiger partial charge < -0.3 is 9.64 Å². The van der Waals surface area contributed by atoms with Crippen LogP contribution in [0.25, 0.3) is 5.57 Å². The van der Waals surface area contributed by atoms with Gasteiger partial charge in [0.1, 0.15) is 12.4 Å². The van der Waals surface area contributed by atoms with Crippen LogP contribution in [0.4, 0.5) is 13.2 Å². The maximum atomic E-state index is 13.2. The van der Waals surface area contributed by atoms with Crippen LogP contribution < -0.4 is 4.74 Å². The molecule has 0 bridgehead atoms. The van der Waals surface area contributed by atoms with Crippen molar-refractivity contribution in [2.24, 2.45) is 5.41 Å². The molecule has 2 aromatic carbocycles. The molecule has 0 heterocycles. The molecular formula is C23H26F3NO. The Morgan fingerprint density at radius 1 is 1.07 bits per heavy atom. The second-order valence-corrected chi connectivity index (χ2v) is 8.27. The lowest BCUT2D eigenvalue weighted by Gasteiger charge is -2.30. The molecule has 0 saturated heterocycles. The first kappa shape index (κ1) is 20.5. The van der Waals surface area contributed by atoms with Gasteiger partial charge in [-0.25, -0.2) is 0 Å². The molecule has 150 valence electrons. The topological polar surface area (TPSA) is 12.5 Å². The number of benzene rings is 2. The molecule has 5 heteroatoms. The zero-order valence-corrected chi connectivity index (χ0v) is 16.7. The molecule has 1 aliphatic rings. The molecule has 0 fully saturated rings. The maximum absolute atomic E-state index is 13.2. The molecule has 0 unspecified atom stereocenters. The highest BCUT2D eigenvalue weighted by atomic mass is 19.4. The monoisotopic (exact) mass is 389 g/mol. The molecule has 0 aromatic heterocycles. The summed E-state index contributed by atoms with van der Waals surface area (Å²) in [5.74, 6) is 0.793. The number of ether oxygens (including phenoxy) is 1. The minimum absolute atomic E-state index is 0.154. The van der Waals surface area contributed by atoms with Gasteiger partial charge >= 0.3 is 6.18 Å². The minimum atomic E-state index is -4.35. The lowest BCUT2D eigenvalue weighted by molar-refractivity contribution is -0.137. The van der Waals surface area contributed by atoms with E-state index in [0.717, 1.165) is 41.5 Å². The van der Waals surface area contributed by atoms with Crippen molar-refractivity contribution in [3.63, 3.8) is 0 Å². The third-order valence-corrected chi connectivity index (χ3v) is 4.86. The van der Waals surface area contributed by atoms with Gasteiger partial charge in [-0.2, -0.15) is 13.2 Å². The average Bonchev–Trinajstić information content (AvgIpc) is 2.59. The van der Waals surface area contributed by atoms with Crippen molar-refractivity contribution in [3.05, 3.63) is 70.8 Å². The maximum Gasteiger partial charge on any atom is 0.416 e. The van der Waals surface area contributed by atoms with Crippen molar-refractivity contribution in [2.75, 3.05) is 27.2 Å². The van der Waals surface area contributed by atoms with Crippen LogP contribution in [0.2, 0.25) is 0 Å². The first-order valence-corrected chi connectivity index (χ1v) is 9.36. The number of halogens is 3. The van der Waals surface area contributed by atoms with Crippen LogP contribution in [-0.2, 0) is 12.6 Å². The summed E-state index contributed by atoms with van der Waals surface area (Å²) >= 11 is 0. The van der Waals surface area contributed by atoms with Gasteiger partial charge in [0, 0.05) is 6.54 Å². The Hall–Kier alpha value is -2.27. The molecule has 0 atom stereocenters. The Labute approximate surface area is 164 Å². The van der Waals surface area contributed by atoms with Crippen LogP contribution in [0.3, 0.4) is 0 Å².